The number of nitrogens with one attached hydrogen (secondary N) is 2. The van der Waals surface area contributed by atoms with Gasteiger partial charge in [0.15, 0.2) is 5.82 Å². The molecule has 2 rings (SSSR count). The number of aromatic nitrogens is 3. The molecule has 0 aliphatic carbocycles. The van der Waals surface area contributed by atoms with Crippen LogP contribution in [0.2, 0.25) is 0 Å². The van der Waals surface area contributed by atoms with E-state index in [4.69, 9.17) is 39.5 Å². The fourth-order valence-corrected chi connectivity index (χ4v) is 2.56. The number of anilines is 2. The third kappa shape index (κ3) is 7.17. The van der Waals surface area contributed by atoms with Gasteiger partial charge in [-0.2, -0.15) is 15.0 Å². The van der Waals surface area contributed by atoms with Gasteiger partial charge in [-0.1, -0.05) is 34.8 Å². The molecule has 1 aliphatic heterocycles. The maximum atomic E-state index is 9.41. The highest BCUT2D eigenvalue weighted by molar-refractivity contribution is 6.66. The molecule has 148 valence electrons. The van der Waals surface area contributed by atoms with Crippen molar-refractivity contribution < 1.29 is 9.84 Å². The Bertz CT molecular complexity index is 579. The molecule has 1 aliphatic rings. The van der Waals surface area contributed by atoms with Crippen molar-refractivity contribution in [2.75, 3.05) is 56.6 Å². The van der Waals surface area contributed by atoms with Crippen molar-refractivity contribution in [1.29, 1.82) is 0 Å². The summed E-state index contributed by atoms with van der Waals surface area (Å²) in [7, 11) is 0. The predicted octanol–water partition coefficient (Wildman–Crippen LogP) is 2.02. The summed E-state index contributed by atoms with van der Waals surface area (Å²) in [6.07, 6.45) is 0.916. The zero-order chi connectivity index (χ0) is 19.2. The highest BCUT2D eigenvalue weighted by Crippen LogP contribution is 2.36. The van der Waals surface area contributed by atoms with Crippen LogP contribution in [0.5, 0.6) is 0 Å². The minimum atomic E-state index is -1.77. The average molecular weight is 428 g/mol. The molecule has 1 aromatic heterocycles. The summed E-state index contributed by atoms with van der Waals surface area (Å²) in [4.78, 5) is 15.0. The van der Waals surface area contributed by atoms with Gasteiger partial charge in [0.1, 0.15) is 0 Å². The summed E-state index contributed by atoms with van der Waals surface area (Å²) >= 11 is 17.8. The predicted molar refractivity (Wildman–Crippen MR) is 104 cm³/mol. The van der Waals surface area contributed by atoms with Crippen LogP contribution in [0.15, 0.2) is 0 Å². The third-order valence-corrected chi connectivity index (χ3v) is 4.28. The number of aliphatic hydroxyl groups is 1. The van der Waals surface area contributed by atoms with E-state index >= 15 is 0 Å². The number of nitrogens with zero attached hydrogens (tertiary/aromatic N) is 4. The summed E-state index contributed by atoms with van der Waals surface area (Å²) in [6, 6.07) is 0. The smallest absolute Gasteiger partial charge is 0.250 e. The molecular formula is C15H25Cl3N6O2. The first kappa shape index (κ1) is 21.7. The lowest BCUT2D eigenvalue weighted by atomic mass is 10.1. The molecule has 0 aromatic carbocycles. The van der Waals surface area contributed by atoms with E-state index in [2.05, 4.69) is 30.5 Å². The lowest BCUT2D eigenvalue weighted by Gasteiger charge is -2.26. The van der Waals surface area contributed by atoms with E-state index in [1.165, 1.54) is 0 Å². The summed E-state index contributed by atoms with van der Waals surface area (Å²) in [5.41, 5.74) is -0.625. The molecule has 1 fully saturated rings. The lowest BCUT2D eigenvalue weighted by molar-refractivity contribution is 0.0378. The molecule has 11 heteroatoms. The van der Waals surface area contributed by atoms with Gasteiger partial charge in [-0.15, -0.1) is 0 Å². The number of hydrogen-bond donors (Lipinski definition) is 3. The first-order valence-corrected chi connectivity index (χ1v) is 9.59. The van der Waals surface area contributed by atoms with Crippen LogP contribution in [-0.2, 0) is 8.53 Å². The van der Waals surface area contributed by atoms with Gasteiger partial charge in [0.2, 0.25) is 15.7 Å². The van der Waals surface area contributed by atoms with Crippen LogP contribution < -0.4 is 10.6 Å². The highest BCUT2D eigenvalue weighted by atomic mass is 35.6. The van der Waals surface area contributed by atoms with Crippen LogP contribution in [0.3, 0.4) is 0 Å². The van der Waals surface area contributed by atoms with Crippen LogP contribution in [0.1, 0.15) is 26.1 Å². The van der Waals surface area contributed by atoms with Gasteiger partial charge in [0, 0.05) is 19.6 Å². The normalized spacial score (nSPS) is 16.5. The maximum absolute atomic E-state index is 9.41. The molecule has 3 N–H and O–H groups in total. The van der Waals surface area contributed by atoms with E-state index in [-0.39, 0.29) is 18.4 Å². The van der Waals surface area contributed by atoms with Crippen molar-refractivity contribution >= 4 is 46.7 Å². The van der Waals surface area contributed by atoms with Crippen molar-refractivity contribution in [3.05, 3.63) is 5.82 Å². The van der Waals surface area contributed by atoms with E-state index < -0.39 is 9.33 Å². The Labute approximate surface area is 168 Å². The first-order chi connectivity index (χ1) is 12.2. The molecule has 0 amide bonds. The molecule has 1 saturated heterocycles. The fraction of sp³-hybridized carbons (Fsp3) is 0.800. The van der Waals surface area contributed by atoms with E-state index in [1.54, 1.807) is 13.8 Å². The van der Waals surface area contributed by atoms with Crippen molar-refractivity contribution in [2.24, 2.45) is 0 Å². The first-order valence-electron chi connectivity index (χ1n) is 8.46. The van der Waals surface area contributed by atoms with Crippen molar-refractivity contribution in [3.8, 4) is 0 Å². The maximum Gasteiger partial charge on any atom is 0.250 e. The largest absolute Gasteiger partial charge is 0.394 e. The Hall–Kier alpha value is -0.640. The molecule has 0 atom stereocenters. The van der Waals surface area contributed by atoms with Crippen LogP contribution in [-0.4, -0.2) is 76.5 Å². The second-order valence-electron chi connectivity index (χ2n) is 6.71. The Morgan fingerprint density at radius 2 is 1.77 bits per heavy atom. The number of alkyl halides is 3. The zero-order valence-corrected chi connectivity index (χ0v) is 17.2. The van der Waals surface area contributed by atoms with Crippen molar-refractivity contribution in [2.45, 2.75) is 29.6 Å². The van der Waals surface area contributed by atoms with Gasteiger partial charge in [0.05, 0.1) is 25.4 Å². The van der Waals surface area contributed by atoms with Crippen molar-refractivity contribution in [1.82, 2.24) is 19.9 Å². The number of rotatable bonds is 8. The van der Waals surface area contributed by atoms with Crippen LogP contribution in [0.25, 0.3) is 0 Å². The molecule has 0 radical (unpaired) electrons. The van der Waals surface area contributed by atoms with Gasteiger partial charge in [0.25, 0.3) is 0 Å². The Morgan fingerprint density at radius 3 is 2.38 bits per heavy atom. The third-order valence-electron chi connectivity index (χ3n) is 3.77. The Kier molecular flexibility index (Phi) is 7.93. The van der Waals surface area contributed by atoms with Gasteiger partial charge in [-0.05, 0) is 26.8 Å². The summed E-state index contributed by atoms with van der Waals surface area (Å²) in [6.45, 7) is 8.60. The molecule has 0 spiro atoms. The molecule has 26 heavy (non-hydrogen) atoms. The number of halogens is 3. The van der Waals surface area contributed by atoms with E-state index in [1.807, 2.05) is 0 Å². The monoisotopic (exact) mass is 426 g/mol. The summed E-state index contributed by atoms with van der Waals surface area (Å²) in [5.74, 6) is 0.569. The molecule has 0 bridgehead atoms. The highest BCUT2D eigenvalue weighted by Gasteiger charge is 2.29. The van der Waals surface area contributed by atoms with Crippen molar-refractivity contribution in [3.63, 3.8) is 0 Å². The number of aliphatic hydroxyl groups excluding tert-OH is 1. The minimum absolute atomic E-state index is 0.0180. The Balaban J connectivity index is 1.99. The topological polar surface area (TPSA) is 95.4 Å². The number of ether oxygens (including phenoxy) is 1. The van der Waals surface area contributed by atoms with E-state index in [0.717, 1.165) is 39.3 Å². The quantitative estimate of drug-likeness (QED) is 0.428. The fourth-order valence-electron chi connectivity index (χ4n) is 2.31. The second kappa shape index (κ2) is 9.52. The van der Waals surface area contributed by atoms with Gasteiger partial charge >= 0.3 is 0 Å². The van der Waals surface area contributed by atoms with E-state index in [9.17, 15) is 5.11 Å². The molecule has 1 aromatic rings. The molecular weight excluding hydrogens is 403 g/mol. The molecule has 2 heterocycles. The average Bonchev–Trinajstić information content (AvgIpc) is 2.58. The van der Waals surface area contributed by atoms with Crippen LogP contribution in [0.4, 0.5) is 11.9 Å². The standard InChI is InChI=1S/C15H25Cl3N6O2/c1-14(2,10-25)23-13-21-11(15(16,17)18)20-12(22-13)19-4-3-5-24-6-8-26-9-7-24/h25H,3-10H2,1-2H3,(H2,19,20,21,22,23). The SMILES string of the molecule is CC(C)(CO)Nc1nc(NCCCN2CCOCC2)nc(C(Cl)(Cl)Cl)n1. The van der Waals surface area contributed by atoms with Gasteiger partial charge < -0.3 is 20.5 Å². The summed E-state index contributed by atoms with van der Waals surface area (Å²) < 4.78 is 3.57. The Morgan fingerprint density at radius 1 is 1.12 bits per heavy atom. The number of morpholine rings is 1. The van der Waals surface area contributed by atoms with Gasteiger partial charge in [-0.3, -0.25) is 4.90 Å². The summed E-state index contributed by atoms with van der Waals surface area (Å²) in [5, 5.41) is 15.6. The van der Waals surface area contributed by atoms with Gasteiger partial charge in [-0.25, -0.2) is 0 Å². The zero-order valence-electron chi connectivity index (χ0n) is 14.9. The minimum Gasteiger partial charge on any atom is -0.394 e. The van der Waals surface area contributed by atoms with Crippen LogP contribution >= 0.6 is 34.8 Å². The van der Waals surface area contributed by atoms with Crippen LogP contribution in [0, 0.1) is 0 Å². The molecule has 0 saturated carbocycles. The lowest BCUT2D eigenvalue weighted by Crippen LogP contribution is -2.37. The van der Waals surface area contributed by atoms with E-state index in [0.29, 0.717) is 12.5 Å². The number of hydrogen-bond acceptors (Lipinski definition) is 8. The molecule has 0 unspecified atom stereocenters. The molecule has 8 nitrogen and oxygen atoms in total. The second-order valence-corrected chi connectivity index (χ2v) is 8.99.